The van der Waals surface area contributed by atoms with E-state index in [9.17, 15) is 13.2 Å². The van der Waals surface area contributed by atoms with Crippen LogP contribution in [0.2, 0.25) is 0 Å². The fourth-order valence-corrected chi connectivity index (χ4v) is 0.886. The molecule has 1 rings (SSSR count). The smallest absolute Gasteiger partial charge is 0.251 e. The first-order chi connectivity index (χ1) is 5.02. The highest BCUT2D eigenvalue weighted by Crippen LogP contribution is 2.31. The number of alkyl halides is 3. The van der Waals surface area contributed by atoms with Gasteiger partial charge in [-0.3, -0.25) is 4.98 Å². The van der Waals surface area contributed by atoms with Gasteiger partial charge >= 0.3 is 6.18 Å². The van der Waals surface area contributed by atoms with Gasteiger partial charge in [0.15, 0.2) is 5.69 Å². The van der Waals surface area contributed by atoms with Gasteiger partial charge in [-0.2, -0.15) is 13.2 Å². The molecule has 5 heteroatoms. The Morgan fingerprint density at radius 3 is 2.36 bits per heavy atom. The van der Waals surface area contributed by atoms with E-state index in [4.69, 9.17) is 0 Å². The summed E-state index contributed by atoms with van der Waals surface area (Å²) in [4.78, 5) is 3.00. The van der Waals surface area contributed by atoms with Gasteiger partial charge in [-0.15, -0.1) is 12.6 Å². The quantitative estimate of drug-likeness (QED) is 0.603. The van der Waals surface area contributed by atoms with E-state index >= 15 is 0 Å². The average molecular weight is 179 g/mol. The lowest BCUT2D eigenvalue weighted by atomic mass is 10.3. The number of pyridine rings is 1. The van der Waals surface area contributed by atoms with Crippen molar-refractivity contribution in [2.75, 3.05) is 0 Å². The summed E-state index contributed by atoms with van der Waals surface area (Å²) in [5, 5.41) is 0. The van der Waals surface area contributed by atoms with Crippen LogP contribution in [0.5, 0.6) is 0 Å². The SMILES string of the molecule is FC(F)(F)c1ncccc1S. The molecule has 0 bridgehead atoms. The van der Waals surface area contributed by atoms with Crippen LogP contribution < -0.4 is 0 Å². The highest BCUT2D eigenvalue weighted by atomic mass is 32.1. The Labute approximate surface area is 66.7 Å². The van der Waals surface area contributed by atoms with Crippen molar-refractivity contribution < 1.29 is 13.2 Å². The van der Waals surface area contributed by atoms with Gasteiger partial charge in [-0.1, -0.05) is 0 Å². The Morgan fingerprint density at radius 1 is 1.36 bits per heavy atom. The zero-order valence-corrected chi connectivity index (χ0v) is 6.15. The van der Waals surface area contributed by atoms with E-state index in [-0.39, 0.29) is 4.90 Å². The lowest BCUT2D eigenvalue weighted by molar-refractivity contribution is -0.143. The van der Waals surface area contributed by atoms with Crippen molar-refractivity contribution in [2.24, 2.45) is 0 Å². The number of rotatable bonds is 0. The van der Waals surface area contributed by atoms with Gasteiger partial charge in [-0.05, 0) is 12.1 Å². The van der Waals surface area contributed by atoms with Gasteiger partial charge in [0.05, 0.1) is 0 Å². The summed E-state index contributed by atoms with van der Waals surface area (Å²) in [6, 6.07) is 2.65. The van der Waals surface area contributed by atoms with E-state index in [0.29, 0.717) is 0 Å². The van der Waals surface area contributed by atoms with E-state index in [1.807, 2.05) is 0 Å². The highest BCUT2D eigenvalue weighted by Gasteiger charge is 2.34. The molecule has 1 nitrogen and oxygen atoms in total. The predicted octanol–water partition coefficient (Wildman–Crippen LogP) is 2.39. The fraction of sp³-hybridized carbons (Fsp3) is 0.167. The number of halogens is 3. The zero-order valence-electron chi connectivity index (χ0n) is 5.26. The van der Waals surface area contributed by atoms with Crippen molar-refractivity contribution in [3.8, 4) is 0 Å². The maximum absolute atomic E-state index is 11.9. The Balaban J connectivity index is 3.14. The summed E-state index contributed by atoms with van der Waals surface area (Å²) < 4.78 is 35.8. The number of nitrogens with zero attached hydrogens (tertiary/aromatic N) is 1. The summed E-state index contributed by atoms with van der Waals surface area (Å²) in [5.74, 6) is 0. The van der Waals surface area contributed by atoms with Crippen molar-refractivity contribution in [2.45, 2.75) is 11.1 Å². The topological polar surface area (TPSA) is 12.9 Å². The Kier molecular flexibility index (Phi) is 2.08. The Hall–Kier alpha value is -0.710. The van der Waals surface area contributed by atoms with Crippen molar-refractivity contribution >= 4 is 12.6 Å². The normalized spacial score (nSPS) is 11.6. The minimum absolute atomic E-state index is 0.153. The minimum Gasteiger partial charge on any atom is -0.251 e. The van der Waals surface area contributed by atoms with E-state index in [1.165, 1.54) is 12.1 Å². The van der Waals surface area contributed by atoms with Gasteiger partial charge in [0, 0.05) is 11.1 Å². The van der Waals surface area contributed by atoms with Crippen LogP contribution in [0.1, 0.15) is 5.69 Å². The standard InChI is InChI=1S/C6H4F3NS/c7-6(8,9)5-4(11)2-1-3-10-5/h1-3,11H. The fourth-order valence-electron chi connectivity index (χ4n) is 0.615. The summed E-state index contributed by atoms with van der Waals surface area (Å²) >= 11 is 3.61. The van der Waals surface area contributed by atoms with E-state index in [2.05, 4.69) is 17.6 Å². The van der Waals surface area contributed by atoms with E-state index < -0.39 is 11.9 Å². The molecule has 11 heavy (non-hydrogen) atoms. The van der Waals surface area contributed by atoms with Crippen LogP contribution in [0.4, 0.5) is 13.2 Å². The minimum atomic E-state index is -4.40. The monoisotopic (exact) mass is 179 g/mol. The molecule has 60 valence electrons. The summed E-state index contributed by atoms with van der Waals surface area (Å²) in [6.45, 7) is 0. The zero-order chi connectivity index (χ0) is 8.48. The van der Waals surface area contributed by atoms with Crippen LogP contribution in [-0.2, 0) is 6.18 Å². The second-order valence-electron chi connectivity index (χ2n) is 1.87. The third kappa shape index (κ3) is 1.86. The molecular weight excluding hydrogens is 175 g/mol. The van der Waals surface area contributed by atoms with Gasteiger partial charge in [0.25, 0.3) is 0 Å². The number of thiol groups is 1. The Bertz CT molecular complexity index is 258. The molecule has 0 saturated heterocycles. The van der Waals surface area contributed by atoms with E-state index in [1.54, 1.807) is 0 Å². The molecule has 0 aliphatic heterocycles. The third-order valence-electron chi connectivity index (χ3n) is 1.05. The van der Waals surface area contributed by atoms with Crippen LogP contribution in [-0.4, -0.2) is 4.98 Å². The molecule has 0 aromatic carbocycles. The molecule has 0 spiro atoms. The molecule has 0 fully saturated rings. The number of aromatic nitrogens is 1. The number of hydrogen-bond donors (Lipinski definition) is 1. The molecule has 1 aromatic rings. The first-order valence-electron chi connectivity index (χ1n) is 2.73. The highest BCUT2D eigenvalue weighted by molar-refractivity contribution is 7.80. The molecule has 0 saturated carbocycles. The van der Waals surface area contributed by atoms with Crippen LogP contribution in [0.25, 0.3) is 0 Å². The van der Waals surface area contributed by atoms with Crippen molar-refractivity contribution in [3.05, 3.63) is 24.0 Å². The molecule has 0 atom stereocenters. The second kappa shape index (κ2) is 2.73. The molecule has 1 heterocycles. The molecule has 0 aliphatic carbocycles. The van der Waals surface area contributed by atoms with Gasteiger partial charge in [0.1, 0.15) is 0 Å². The number of hydrogen-bond acceptors (Lipinski definition) is 2. The van der Waals surface area contributed by atoms with Crippen LogP contribution in [0.15, 0.2) is 23.2 Å². The van der Waals surface area contributed by atoms with Crippen LogP contribution in [0, 0.1) is 0 Å². The maximum Gasteiger partial charge on any atom is 0.434 e. The van der Waals surface area contributed by atoms with Crippen molar-refractivity contribution in [1.29, 1.82) is 0 Å². The molecule has 0 amide bonds. The molecule has 0 aliphatic rings. The molecule has 0 radical (unpaired) electrons. The molecule has 1 aromatic heterocycles. The maximum atomic E-state index is 11.9. The summed E-state index contributed by atoms with van der Waals surface area (Å²) in [6.07, 6.45) is -3.32. The van der Waals surface area contributed by atoms with Crippen LogP contribution in [0.3, 0.4) is 0 Å². The summed E-state index contributed by atoms with van der Waals surface area (Å²) in [7, 11) is 0. The largest absolute Gasteiger partial charge is 0.434 e. The second-order valence-corrected chi connectivity index (χ2v) is 2.35. The lowest BCUT2D eigenvalue weighted by Crippen LogP contribution is -2.08. The van der Waals surface area contributed by atoms with Gasteiger partial charge in [-0.25, -0.2) is 0 Å². The predicted molar refractivity (Wildman–Crippen MR) is 36.5 cm³/mol. The van der Waals surface area contributed by atoms with Gasteiger partial charge in [0.2, 0.25) is 0 Å². The molecular formula is C6H4F3NS. The third-order valence-corrected chi connectivity index (χ3v) is 1.42. The molecule has 0 unspecified atom stereocenters. The first-order valence-corrected chi connectivity index (χ1v) is 3.17. The van der Waals surface area contributed by atoms with Crippen molar-refractivity contribution in [3.63, 3.8) is 0 Å². The lowest BCUT2D eigenvalue weighted by Gasteiger charge is -2.06. The molecule has 0 N–H and O–H groups in total. The van der Waals surface area contributed by atoms with E-state index in [0.717, 1.165) is 6.20 Å². The van der Waals surface area contributed by atoms with Gasteiger partial charge < -0.3 is 0 Å². The summed E-state index contributed by atoms with van der Waals surface area (Å²) in [5.41, 5.74) is -0.941. The average Bonchev–Trinajstić information content (AvgIpc) is 1.86. The van der Waals surface area contributed by atoms with Crippen molar-refractivity contribution in [1.82, 2.24) is 4.98 Å². The first kappa shape index (κ1) is 8.39. The van der Waals surface area contributed by atoms with Crippen LogP contribution >= 0.6 is 12.6 Å². The Morgan fingerprint density at radius 2 is 2.00 bits per heavy atom.